The van der Waals surface area contributed by atoms with E-state index in [1.54, 1.807) is 14.2 Å². The van der Waals surface area contributed by atoms with Gasteiger partial charge in [0, 0.05) is 47.0 Å². The van der Waals surface area contributed by atoms with Gasteiger partial charge < -0.3 is 20.1 Å². The van der Waals surface area contributed by atoms with Gasteiger partial charge in [0.15, 0.2) is 5.96 Å². The first-order valence-electron chi connectivity index (χ1n) is 9.71. The maximum absolute atomic E-state index is 12.1. The van der Waals surface area contributed by atoms with E-state index in [-0.39, 0.29) is 24.0 Å². The Morgan fingerprint density at radius 2 is 2.11 bits per heavy atom. The summed E-state index contributed by atoms with van der Waals surface area (Å²) in [7, 11) is 2.73. The molecular formula is C20H34IN3O3S. The molecule has 1 aliphatic carbocycles. The summed E-state index contributed by atoms with van der Waals surface area (Å²) in [4.78, 5) is 4.30. The summed E-state index contributed by atoms with van der Waals surface area (Å²) in [6.45, 7) is 3.77. The summed E-state index contributed by atoms with van der Waals surface area (Å²) in [6, 6.07) is 8.21. The van der Waals surface area contributed by atoms with Crippen LogP contribution < -0.4 is 15.4 Å². The minimum Gasteiger partial charge on any atom is -0.496 e. The number of hydrogen-bond donors (Lipinski definition) is 2. The van der Waals surface area contributed by atoms with Crippen molar-refractivity contribution < 1.29 is 13.7 Å². The molecule has 0 bridgehead atoms. The molecule has 1 saturated carbocycles. The first-order chi connectivity index (χ1) is 13.2. The van der Waals surface area contributed by atoms with Crippen LogP contribution in [0.25, 0.3) is 0 Å². The minimum absolute atomic E-state index is 0. The fourth-order valence-electron chi connectivity index (χ4n) is 3.38. The number of hydrogen-bond acceptors (Lipinski definition) is 4. The molecule has 1 aromatic carbocycles. The van der Waals surface area contributed by atoms with Gasteiger partial charge in [-0.1, -0.05) is 31.5 Å². The van der Waals surface area contributed by atoms with Crippen LogP contribution in [0.2, 0.25) is 0 Å². The zero-order valence-electron chi connectivity index (χ0n) is 17.1. The van der Waals surface area contributed by atoms with Crippen LogP contribution in [0.4, 0.5) is 0 Å². The number of methoxy groups -OCH3 is 1. The van der Waals surface area contributed by atoms with E-state index in [4.69, 9.17) is 9.47 Å². The van der Waals surface area contributed by atoms with Crippen molar-refractivity contribution >= 4 is 40.7 Å². The third kappa shape index (κ3) is 8.24. The molecule has 3 unspecified atom stereocenters. The molecule has 0 aromatic heterocycles. The van der Waals surface area contributed by atoms with Crippen molar-refractivity contribution in [3.8, 4) is 5.75 Å². The van der Waals surface area contributed by atoms with Crippen LogP contribution in [-0.2, 0) is 22.1 Å². The highest BCUT2D eigenvalue weighted by Crippen LogP contribution is 2.23. The Hall–Kier alpha value is -0.870. The second-order valence-electron chi connectivity index (χ2n) is 6.66. The van der Waals surface area contributed by atoms with Crippen molar-refractivity contribution in [1.82, 2.24) is 10.6 Å². The molecule has 3 atom stereocenters. The SMILES string of the molecule is CCS(=O)C1CCCC(NC(=NC)NCCOCc2ccccc2OC)C1.I. The van der Waals surface area contributed by atoms with Crippen LogP contribution >= 0.6 is 24.0 Å². The van der Waals surface area contributed by atoms with Gasteiger partial charge in [-0.2, -0.15) is 0 Å². The van der Waals surface area contributed by atoms with Gasteiger partial charge in [0.2, 0.25) is 0 Å². The third-order valence-corrected chi connectivity index (χ3v) is 6.58. The highest BCUT2D eigenvalue weighted by molar-refractivity contribution is 14.0. The Morgan fingerprint density at radius 3 is 2.82 bits per heavy atom. The molecule has 0 amide bonds. The molecule has 8 heteroatoms. The topological polar surface area (TPSA) is 72.0 Å². The predicted octanol–water partition coefficient (Wildman–Crippen LogP) is 3.07. The number of nitrogens with zero attached hydrogens (tertiary/aromatic N) is 1. The van der Waals surface area contributed by atoms with Crippen molar-refractivity contribution in [2.24, 2.45) is 4.99 Å². The van der Waals surface area contributed by atoms with Gasteiger partial charge in [0.05, 0.1) is 20.3 Å². The molecule has 28 heavy (non-hydrogen) atoms. The third-order valence-electron chi connectivity index (χ3n) is 4.84. The number of halogens is 1. The maximum Gasteiger partial charge on any atom is 0.191 e. The first kappa shape index (κ1) is 25.2. The average Bonchev–Trinajstić information content (AvgIpc) is 2.72. The zero-order chi connectivity index (χ0) is 19.5. The molecule has 1 aromatic rings. The second kappa shape index (κ2) is 14.2. The van der Waals surface area contributed by atoms with E-state index >= 15 is 0 Å². The van der Waals surface area contributed by atoms with E-state index in [9.17, 15) is 4.21 Å². The van der Waals surface area contributed by atoms with Crippen molar-refractivity contribution in [1.29, 1.82) is 0 Å². The van der Waals surface area contributed by atoms with Crippen LogP contribution in [0, 0.1) is 0 Å². The van der Waals surface area contributed by atoms with Crippen molar-refractivity contribution in [3.63, 3.8) is 0 Å². The molecule has 0 aliphatic heterocycles. The number of aliphatic imine (C=N–C) groups is 1. The second-order valence-corrected chi connectivity index (χ2v) is 8.67. The number of rotatable bonds is 9. The van der Waals surface area contributed by atoms with Crippen LogP contribution in [-0.4, -0.2) is 54.5 Å². The van der Waals surface area contributed by atoms with E-state index in [0.29, 0.717) is 31.1 Å². The quantitative estimate of drug-likeness (QED) is 0.225. The Bertz CT molecular complexity index is 630. The standard InChI is InChI=1S/C20H33N3O3S.HI/c1-4-27(24)18-10-7-9-17(14-18)23-20(21-2)22-12-13-26-15-16-8-5-6-11-19(16)25-3;/h5-6,8,11,17-18H,4,7,9-10,12-15H2,1-3H3,(H2,21,22,23);1H. The molecule has 6 nitrogen and oxygen atoms in total. The average molecular weight is 523 g/mol. The molecule has 0 heterocycles. The summed E-state index contributed by atoms with van der Waals surface area (Å²) in [6.07, 6.45) is 4.24. The van der Waals surface area contributed by atoms with Crippen LogP contribution in [0.3, 0.4) is 0 Å². The fourth-order valence-corrected chi connectivity index (χ4v) is 4.73. The smallest absolute Gasteiger partial charge is 0.191 e. The monoisotopic (exact) mass is 523 g/mol. The fraction of sp³-hybridized carbons (Fsp3) is 0.650. The molecular weight excluding hydrogens is 489 g/mol. The van der Waals surface area contributed by atoms with Crippen molar-refractivity contribution in [3.05, 3.63) is 29.8 Å². The predicted molar refractivity (Wildman–Crippen MR) is 127 cm³/mol. The van der Waals surface area contributed by atoms with Crippen LogP contribution in [0.5, 0.6) is 5.75 Å². The summed E-state index contributed by atoms with van der Waals surface area (Å²) < 4.78 is 23.2. The Labute approximate surface area is 188 Å². The number of benzene rings is 1. The lowest BCUT2D eigenvalue weighted by molar-refractivity contribution is 0.123. The summed E-state index contributed by atoms with van der Waals surface area (Å²) in [5, 5.41) is 7.08. The van der Waals surface area contributed by atoms with E-state index in [0.717, 1.165) is 48.7 Å². The summed E-state index contributed by atoms with van der Waals surface area (Å²) in [5.74, 6) is 2.37. The van der Waals surface area contributed by atoms with E-state index in [1.807, 2.05) is 31.2 Å². The molecule has 1 fully saturated rings. The van der Waals surface area contributed by atoms with Crippen molar-refractivity contribution in [2.75, 3.05) is 33.1 Å². The lowest BCUT2D eigenvalue weighted by Gasteiger charge is -2.30. The van der Waals surface area contributed by atoms with Gasteiger partial charge in [-0.05, 0) is 25.3 Å². The Kier molecular flexibility index (Phi) is 12.7. The number of para-hydroxylation sites is 1. The zero-order valence-corrected chi connectivity index (χ0v) is 20.3. The largest absolute Gasteiger partial charge is 0.496 e. The lowest BCUT2D eigenvalue weighted by atomic mass is 9.95. The van der Waals surface area contributed by atoms with Gasteiger partial charge in [0.25, 0.3) is 0 Å². The van der Waals surface area contributed by atoms with E-state index in [1.165, 1.54) is 0 Å². The normalized spacial score (nSPS) is 20.8. The molecule has 160 valence electrons. The molecule has 0 saturated heterocycles. The lowest BCUT2D eigenvalue weighted by Crippen LogP contribution is -2.47. The minimum atomic E-state index is -0.711. The molecule has 1 aliphatic rings. The van der Waals surface area contributed by atoms with Gasteiger partial charge in [0.1, 0.15) is 5.75 Å². The van der Waals surface area contributed by atoms with Gasteiger partial charge in [-0.3, -0.25) is 9.20 Å². The Balaban J connectivity index is 0.00000392. The van der Waals surface area contributed by atoms with Gasteiger partial charge >= 0.3 is 0 Å². The summed E-state index contributed by atoms with van der Waals surface area (Å²) >= 11 is 0. The molecule has 0 radical (unpaired) electrons. The molecule has 2 N–H and O–H groups in total. The number of ether oxygens (including phenoxy) is 2. The first-order valence-corrected chi connectivity index (χ1v) is 11.1. The van der Waals surface area contributed by atoms with Crippen molar-refractivity contribution in [2.45, 2.75) is 50.5 Å². The number of nitrogens with one attached hydrogen (secondary N) is 2. The van der Waals surface area contributed by atoms with Crippen LogP contribution in [0.1, 0.15) is 38.2 Å². The highest BCUT2D eigenvalue weighted by atomic mass is 127. The van der Waals surface area contributed by atoms with Crippen LogP contribution in [0.15, 0.2) is 29.3 Å². The number of guanidine groups is 1. The Morgan fingerprint density at radius 1 is 1.32 bits per heavy atom. The molecule has 2 rings (SSSR count). The maximum atomic E-state index is 12.1. The highest BCUT2D eigenvalue weighted by Gasteiger charge is 2.25. The van der Waals surface area contributed by atoms with E-state index in [2.05, 4.69) is 15.6 Å². The van der Waals surface area contributed by atoms with E-state index < -0.39 is 10.8 Å². The molecule has 0 spiro atoms. The van der Waals surface area contributed by atoms with Gasteiger partial charge in [-0.15, -0.1) is 24.0 Å². The van der Waals surface area contributed by atoms with Gasteiger partial charge in [-0.25, -0.2) is 0 Å². The summed E-state index contributed by atoms with van der Waals surface area (Å²) in [5.41, 5.74) is 1.04.